The van der Waals surface area contributed by atoms with Gasteiger partial charge in [-0.2, -0.15) is 0 Å². The number of benzene rings is 1. The predicted octanol–water partition coefficient (Wildman–Crippen LogP) is 2.49. The Bertz CT molecular complexity index is 446. The maximum absolute atomic E-state index is 12.8. The summed E-state index contributed by atoms with van der Waals surface area (Å²) in [5.74, 6) is -0.333. The molecule has 0 spiro atoms. The normalized spacial score (nSPS) is 10.2. The molecule has 0 aromatic heterocycles. The maximum Gasteiger partial charge on any atom is 0.226 e. The van der Waals surface area contributed by atoms with E-state index < -0.39 is 0 Å². The lowest BCUT2D eigenvalue weighted by Crippen LogP contribution is -2.26. The molecule has 0 bridgehead atoms. The zero-order valence-electron chi connectivity index (χ0n) is 12.0. The van der Waals surface area contributed by atoms with Crippen LogP contribution in [0.5, 0.6) is 0 Å². The Kier molecular flexibility index (Phi) is 6.70. The summed E-state index contributed by atoms with van der Waals surface area (Å²) in [6.45, 7) is 2.14. The van der Waals surface area contributed by atoms with Gasteiger partial charge in [-0.3, -0.25) is 9.59 Å². The van der Waals surface area contributed by atoms with Gasteiger partial charge in [0.25, 0.3) is 0 Å². The SMILES string of the molecule is CC(=O)NCCCCCC(=O)N(C)c1ccc(F)cc1. The van der Waals surface area contributed by atoms with Crippen LogP contribution in [0.4, 0.5) is 10.1 Å². The average Bonchev–Trinajstić information content (AvgIpc) is 2.42. The number of rotatable bonds is 7. The van der Waals surface area contributed by atoms with Gasteiger partial charge in [-0.05, 0) is 37.1 Å². The topological polar surface area (TPSA) is 49.4 Å². The summed E-state index contributed by atoms with van der Waals surface area (Å²) in [5, 5.41) is 2.72. The first-order valence-electron chi connectivity index (χ1n) is 6.77. The van der Waals surface area contributed by atoms with Crippen molar-refractivity contribution in [1.82, 2.24) is 5.32 Å². The highest BCUT2D eigenvalue weighted by molar-refractivity contribution is 5.92. The van der Waals surface area contributed by atoms with Gasteiger partial charge < -0.3 is 10.2 Å². The average molecular weight is 280 g/mol. The van der Waals surface area contributed by atoms with Gasteiger partial charge in [0.15, 0.2) is 0 Å². The predicted molar refractivity (Wildman–Crippen MR) is 77.0 cm³/mol. The molecule has 0 fully saturated rings. The third kappa shape index (κ3) is 5.82. The fourth-order valence-corrected chi connectivity index (χ4v) is 1.82. The molecule has 0 aliphatic carbocycles. The van der Waals surface area contributed by atoms with Crippen molar-refractivity contribution in [2.45, 2.75) is 32.6 Å². The van der Waals surface area contributed by atoms with Gasteiger partial charge in [0.05, 0.1) is 0 Å². The van der Waals surface area contributed by atoms with Gasteiger partial charge in [-0.25, -0.2) is 4.39 Å². The van der Waals surface area contributed by atoms with E-state index in [2.05, 4.69) is 5.32 Å². The Morgan fingerprint density at radius 2 is 1.80 bits per heavy atom. The highest BCUT2D eigenvalue weighted by Gasteiger charge is 2.10. The third-order valence-corrected chi connectivity index (χ3v) is 3.03. The molecule has 5 heteroatoms. The molecule has 1 N–H and O–H groups in total. The number of nitrogens with one attached hydrogen (secondary N) is 1. The van der Waals surface area contributed by atoms with Crippen LogP contribution in [0, 0.1) is 5.82 Å². The highest BCUT2D eigenvalue weighted by Crippen LogP contribution is 2.15. The van der Waals surface area contributed by atoms with E-state index in [0.717, 1.165) is 19.3 Å². The van der Waals surface area contributed by atoms with E-state index in [-0.39, 0.29) is 17.6 Å². The summed E-state index contributed by atoms with van der Waals surface area (Å²) in [7, 11) is 1.69. The molecule has 4 nitrogen and oxygen atoms in total. The van der Waals surface area contributed by atoms with Crippen molar-refractivity contribution in [3.63, 3.8) is 0 Å². The van der Waals surface area contributed by atoms with Crippen LogP contribution in [0.1, 0.15) is 32.6 Å². The molecule has 0 aliphatic heterocycles. The molecular formula is C15H21FN2O2. The molecule has 2 amide bonds. The number of nitrogens with zero attached hydrogens (tertiary/aromatic N) is 1. The minimum Gasteiger partial charge on any atom is -0.356 e. The molecule has 0 saturated carbocycles. The highest BCUT2D eigenvalue weighted by atomic mass is 19.1. The van der Waals surface area contributed by atoms with Crippen LogP contribution in [-0.2, 0) is 9.59 Å². The molecule has 0 unspecified atom stereocenters. The summed E-state index contributed by atoms with van der Waals surface area (Å²) < 4.78 is 12.8. The first-order chi connectivity index (χ1) is 9.50. The number of carbonyl (C=O) groups excluding carboxylic acids is 2. The summed E-state index contributed by atoms with van der Waals surface area (Å²) >= 11 is 0. The molecule has 110 valence electrons. The van der Waals surface area contributed by atoms with Crippen molar-refractivity contribution < 1.29 is 14.0 Å². The van der Waals surface area contributed by atoms with E-state index in [9.17, 15) is 14.0 Å². The minimum absolute atomic E-state index is 0.0103. The van der Waals surface area contributed by atoms with E-state index in [0.29, 0.717) is 18.7 Å². The quantitative estimate of drug-likeness (QED) is 0.780. The van der Waals surface area contributed by atoms with E-state index in [1.54, 1.807) is 19.2 Å². The number of carbonyl (C=O) groups is 2. The van der Waals surface area contributed by atoms with Crippen LogP contribution in [-0.4, -0.2) is 25.4 Å². The van der Waals surface area contributed by atoms with E-state index in [1.807, 2.05) is 0 Å². The van der Waals surface area contributed by atoms with Gasteiger partial charge in [-0.15, -0.1) is 0 Å². The molecule has 0 atom stereocenters. The zero-order chi connectivity index (χ0) is 15.0. The number of hydrogen-bond acceptors (Lipinski definition) is 2. The Morgan fingerprint density at radius 1 is 1.15 bits per heavy atom. The Labute approximate surface area is 119 Å². The first kappa shape index (κ1) is 16.1. The van der Waals surface area contributed by atoms with Crippen molar-refractivity contribution in [2.24, 2.45) is 0 Å². The third-order valence-electron chi connectivity index (χ3n) is 3.03. The Balaban J connectivity index is 2.25. The summed E-state index contributed by atoms with van der Waals surface area (Å²) in [6.07, 6.45) is 2.99. The van der Waals surface area contributed by atoms with Gasteiger partial charge in [-0.1, -0.05) is 6.42 Å². The molecule has 1 aromatic rings. The molecule has 0 radical (unpaired) electrons. The number of anilines is 1. The maximum atomic E-state index is 12.8. The van der Waals surface area contributed by atoms with E-state index >= 15 is 0 Å². The Hall–Kier alpha value is -1.91. The van der Waals surface area contributed by atoms with Gasteiger partial charge >= 0.3 is 0 Å². The summed E-state index contributed by atoms with van der Waals surface area (Å²) in [6, 6.07) is 5.85. The van der Waals surface area contributed by atoms with Crippen LogP contribution < -0.4 is 10.2 Å². The lowest BCUT2D eigenvalue weighted by Gasteiger charge is -2.17. The monoisotopic (exact) mass is 280 g/mol. The second-order valence-corrected chi connectivity index (χ2v) is 4.72. The number of halogens is 1. The van der Waals surface area contributed by atoms with Crippen LogP contribution in [0.15, 0.2) is 24.3 Å². The lowest BCUT2D eigenvalue weighted by atomic mass is 10.1. The molecule has 0 saturated heterocycles. The zero-order valence-corrected chi connectivity index (χ0v) is 12.0. The number of amides is 2. The van der Waals surface area contributed by atoms with E-state index in [4.69, 9.17) is 0 Å². The fraction of sp³-hybridized carbons (Fsp3) is 0.467. The Morgan fingerprint density at radius 3 is 2.40 bits per heavy atom. The van der Waals surface area contributed by atoms with Gasteiger partial charge in [0.2, 0.25) is 11.8 Å². The summed E-state index contributed by atoms with van der Waals surface area (Å²) in [5.41, 5.74) is 0.689. The first-order valence-corrected chi connectivity index (χ1v) is 6.77. The lowest BCUT2D eigenvalue weighted by molar-refractivity contribution is -0.119. The second-order valence-electron chi connectivity index (χ2n) is 4.72. The standard InChI is InChI=1S/C15H21FN2O2/c1-12(19)17-11-5-3-4-6-15(20)18(2)14-9-7-13(16)8-10-14/h7-10H,3-6,11H2,1-2H3,(H,17,19). The van der Waals surface area contributed by atoms with Crippen molar-refractivity contribution in [1.29, 1.82) is 0 Å². The molecular weight excluding hydrogens is 259 g/mol. The van der Waals surface area contributed by atoms with Crippen molar-refractivity contribution >= 4 is 17.5 Å². The van der Waals surface area contributed by atoms with Crippen molar-refractivity contribution in [3.8, 4) is 0 Å². The molecule has 1 aromatic carbocycles. The van der Waals surface area contributed by atoms with Crippen molar-refractivity contribution in [3.05, 3.63) is 30.1 Å². The number of unbranched alkanes of at least 4 members (excludes halogenated alkanes) is 2. The molecule has 20 heavy (non-hydrogen) atoms. The van der Waals surface area contributed by atoms with Crippen LogP contribution in [0.25, 0.3) is 0 Å². The van der Waals surface area contributed by atoms with Gasteiger partial charge in [0.1, 0.15) is 5.82 Å². The minimum atomic E-state index is -0.312. The largest absolute Gasteiger partial charge is 0.356 e. The van der Waals surface area contributed by atoms with Crippen LogP contribution in [0.3, 0.4) is 0 Å². The van der Waals surface area contributed by atoms with E-state index in [1.165, 1.54) is 24.0 Å². The smallest absolute Gasteiger partial charge is 0.226 e. The molecule has 1 rings (SSSR count). The molecule has 0 aliphatic rings. The van der Waals surface area contributed by atoms with Crippen LogP contribution >= 0.6 is 0 Å². The number of hydrogen-bond donors (Lipinski definition) is 1. The van der Waals surface area contributed by atoms with Crippen molar-refractivity contribution in [2.75, 3.05) is 18.5 Å². The summed E-state index contributed by atoms with van der Waals surface area (Å²) in [4.78, 5) is 24.1. The molecule has 0 heterocycles. The second kappa shape index (κ2) is 8.30. The van der Waals surface area contributed by atoms with Crippen LogP contribution in [0.2, 0.25) is 0 Å². The fourth-order valence-electron chi connectivity index (χ4n) is 1.82. The van der Waals surface area contributed by atoms with Gasteiger partial charge in [0, 0.05) is 32.6 Å².